The summed E-state index contributed by atoms with van der Waals surface area (Å²) in [5, 5.41) is 14.2. The van der Waals surface area contributed by atoms with Crippen molar-refractivity contribution in [3.8, 4) is 62.5 Å². The van der Waals surface area contributed by atoms with Crippen molar-refractivity contribution < 1.29 is 0 Å². The third-order valence-electron chi connectivity index (χ3n) is 12.7. The zero-order chi connectivity index (χ0) is 38.5. The summed E-state index contributed by atoms with van der Waals surface area (Å²) >= 11 is 0. The summed E-state index contributed by atoms with van der Waals surface area (Å²) < 4.78 is 0. The van der Waals surface area contributed by atoms with E-state index in [4.69, 9.17) is 15.0 Å². The number of nitrogens with zero attached hydrogens (tertiary/aromatic N) is 4. The lowest BCUT2D eigenvalue weighted by molar-refractivity contribution is 0.0780. The van der Waals surface area contributed by atoms with Crippen molar-refractivity contribution in [3.63, 3.8) is 0 Å². The van der Waals surface area contributed by atoms with E-state index in [0.717, 1.165) is 51.0 Å². The molecule has 2 unspecified atom stereocenters. The van der Waals surface area contributed by atoms with Crippen LogP contribution in [0.15, 0.2) is 152 Å². The SMILES string of the molecule is C[C@@H]1CC2C[C@H](C)CC(c3ccc(-c4cccc5c4ccc4ccc(-c6nc(-c7ccc(C#N)cc7)nc(-c7ccc(-c8ccccc8)cc7)n6)cc45)cc3)(C2)C1. The predicted molar refractivity (Wildman–Crippen MR) is 233 cm³/mol. The third kappa shape index (κ3) is 6.58. The molecular weight excluding hydrogens is 693 g/mol. The Balaban J connectivity index is 1.04. The maximum Gasteiger partial charge on any atom is 0.164 e. The highest BCUT2D eigenvalue weighted by Crippen LogP contribution is 2.54. The highest BCUT2D eigenvalue weighted by atomic mass is 15.0. The van der Waals surface area contributed by atoms with Crippen molar-refractivity contribution in [1.82, 2.24) is 15.0 Å². The molecule has 57 heavy (non-hydrogen) atoms. The molecule has 7 aromatic carbocycles. The molecule has 2 bridgehead atoms. The smallest absolute Gasteiger partial charge is 0.164 e. The number of fused-ring (bicyclic) bond motifs is 5. The summed E-state index contributed by atoms with van der Waals surface area (Å²) in [7, 11) is 0. The summed E-state index contributed by atoms with van der Waals surface area (Å²) in [6, 6.07) is 55.7. The zero-order valence-electron chi connectivity index (χ0n) is 32.5. The summed E-state index contributed by atoms with van der Waals surface area (Å²) in [6.07, 6.45) is 6.76. The molecule has 276 valence electrons. The molecular formula is C53H44N4. The van der Waals surface area contributed by atoms with Crippen LogP contribution in [-0.2, 0) is 5.41 Å². The summed E-state index contributed by atoms with van der Waals surface area (Å²) in [6.45, 7) is 4.94. The molecule has 0 aliphatic heterocycles. The Kier molecular flexibility index (Phi) is 8.75. The lowest BCUT2D eigenvalue weighted by Gasteiger charge is -2.50. The maximum atomic E-state index is 9.45. The van der Waals surface area contributed by atoms with E-state index < -0.39 is 0 Å². The lowest BCUT2D eigenvalue weighted by atomic mass is 9.54. The first-order valence-electron chi connectivity index (χ1n) is 20.4. The first kappa shape index (κ1) is 35.0. The van der Waals surface area contributed by atoms with Crippen molar-refractivity contribution in [2.24, 2.45) is 17.8 Å². The van der Waals surface area contributed by atoms with Gasteiger partial charge in [-0.05, 0) is 135 Å². The van der Waals surface area contributed by atoms with Crippen molar-refractivity contribution in [2.75, 3.05) is 0 Å². The molecule has 4 nitrogen and oxygen atoms in total. The molecule has 0 N–H and O–H groups in total. The van der Waals surface area contributed by atoms with Gasteiger partial charge >= 0.3 is 0 Å². The van der Waals surface area contributed by atoms with Crippen LogP contribution >= 0.6 is 0 Å². The van der Waals surface area contributed by atoms with Gasteiger partial charge < -0.3 is 0 Å². The van der Waals surface area contributed by atoms with E-state index in [9.17, 15) is 5.26 Å². The molecule has 2 fully saturated rings. The summed E-state index contributed by atoms with van der Waals surface area (Å²) in [4.78, 5) is 15.1. The minimum Gasteiger partial charge on any atom is -0.208 e. The highest BCUT2D eigenvalue weighted by Gasteiger charge is 2.45. The van der Waals surface area contributed by atoms with Crippen molar-refractivity contribution >= 4 is 21.5 Å². The number of benzene rings is 7. The lowest BCUT2D eigenvalue weighted by Crippen LogP contribution is -2.42. The van der Waals surface area contributed by atoms with E-state index in [1.807, 2.05) is 30.3 Å². The average Bonchev–Trinajstić information content (AvgIpc) is 3.25. The number of hydrogen-bond donors (Lipinski definition) is 0. The Hall–Kier alpha value is -6.44. The Morgan fingerprint density at radius 2 is 1.05 bits per heavy atom. The molecule has 0 amide bonds. The normalized spacial score (nSPS) is 20.3. The molecule has 1 heterocycles. The molecule has 8 aromatic rings. The van der Waals surface area contributed by atoms with E-state index >= 15 is 0 Å². The Morgan fingerprint density at radius 1 is 0.491 bits per heavy atom. The van der Waals surface area contributed by atoms with Gasteiger partial charge in [0.15, 0.2) is 17.5 Å². The van der Waals surface area contributed by atoms with Crippen molar-refractivity contribution in [2.45, 2.75) is 51.4 Å². The fourth-order valence-corrected chi connectivity index (χ4v) is 10.4. The van der Waals surface area contributed by atoms with Crippen LogP contribution in [0.4, 0.5) is 0 Å². The van der Waals surface area contributed by atoms with Crippen molar-refractivity contribution in [1.29, 1.82) is 5.26 Å². The molecule has 10 rings (SSSR count). The van der Waals surface area contributed by atoms with Gasteiger partial charge in [-0.3, -0.25) is 0 Å². The van der Waals surface area contributed by atoms with Gasteiger partial charge in [0.05, 0.1) is 11.6 Å². The fraction of sp³-hybridized carbons (Fsp3) is 0.208. The highest BCUT2D eigenvalue weighted by molar-refractivity contribution is 6.12. The van der Waals surface area contributed by atoms with Crippen LogP contribution in [-0.4, -0.2) is 15.0 Å². The van der Waals surface area contributed by atoms with Crippen molar-refractivity contribution in [3.05, 3.63) is 163 Å². The average molecular weight is 737 g/mol. The molecule has 2 aliphatic rings. The first-order chi connectivity index (χ1) is 27.9. The molecule has 1 aromatic heterocycles. The van der Waals surface area contributed by atoms with Crippen LogP contribution in [0, 0.1) is 29.1 Å². The van der Waals surface area contributed by atoms with Gasteiger partial charge in [0, 0.05) is 16.7 Å². The van der Waals surface area contributed by atoms with Gasteiger partial charge in [-0.15, -0.1) is 0 Å². The number of aromatic nitrogens is 3. The standard InChI is InChI=1S/C53H44N4/c1-34-27-37-28-35(2)31-53(30-34,32-37)45-24-21-40(22-25-45)46-9-6-10-47-48(46)26-23-41-17-20-44(29-49(41)47)52-56-50(42-13-11-36(33-54)12-14-42)55-51(57-52)43-18-15-39(16-19-43)38-7-4-3-5-8-38/h3-26,29,34-35,37H,27-28,30-32H2,1-2H3/t34-,35+,37?,53?. The van der Waals surface area contributed by atoms with Crippen LogP contribution in [0.5, 0.6) is 0 Å². The predicted octanol–water partition coefficient (Wildman–Crippen LogP) is 13.5. The van der Waals surface area contributed by atoms with Crippen LogP contribution in [0.1, 0.15) is 57.1 Å². The molecule has 2 aliphatic carbocycles. The van der Waals surface area contributed by atoms with Crippen LogP contribution in [0.2, 0.25) is 0 Å². The topological polar surface area (TPSA) is 62.5 Å². The molecule has 0 spiro atoms. The fourth-order valence-electron chi connectivity index (χ4n) is 10.4. The van der Waals surface area contributed by atoms with E-state index in [1.54, 1.807) is 0 Å². The number of hydrogen-bond acceptors (Lipinski definition) is 4. The molecule has 0 radical (unpaired) electrons. The largest absolute Gasteiger partial charge is 0.208 e. The summed E-state index contributed by atoms with van der Waals surface area (Å²) in [5.74, 6) is 4.23. The second-order valence-corrected chi connectivity index (χ2v) is 16.9. The van der Waals surface area contributed by atoms with Gasteiger partial charge in [-0.25, -0.2) is 15.0 Å². The Bertz CT molecular complexity index is 2780. The van der Waals surface area contributed by atoms with Gasteiger partial charge in [0.25, 0.3) is 0 Å². The zero-order valence-corrected chi connectivity index (χ0v) is 32.5. The van der Waals surface area contributed by atoms with E-state index in [1.165, 1.54) is 65.0 Å². The quantitative estimate of drug-likeness (QED) is 0.159. The molecule has 0 saturated heterocycles. The third-order valence-corrected chi connectivity index (χ3v) is 12.7. The Morgan fingerprint density at radius 3 is 1.72 bits per heavy atom. The number of nitriles is 1. The first-order valence-corrected chi connectivity index (χ1v) is 20.4. The van der Waals surface area contributed by atoms with E-state index in [-0.39, 0.29) is 0 Å². The monoisotopic (exact) mass is 736 g/mol. The molecule has 4 heteroatoms. The van der Waals surface area contributed by atoms with E-state index in [0.29, 0.717) is 28.5 Å². The maximum absolute atomic E-state index is 9.45. The minimum atomic E-state index is 0.324. The van der Waals surface area contributed by atoms with Gasteiger partial charge in [0.1, 0.15) is 0 Å². The molecule has 4 atom stereocenters. The van der Waals surface area contributed by atoms with Gasteiger partial charge in [-0.2, -0.15) is 5.26 Å². The number of rotatable bonds is 6. The van der Waals surface area contributed by atoms with Gasteiger partial charge in [-0.1, -0.05) is 135 Å². The van der Waals surface area contributed by atoms with E-state index in [2.05, 4.69) is 141 Å². The minimum absolute atomic E-state index is 0.324. The van der Waals surface area contributed by atoms with Crippen LogP contribution in [0.25, 0.3) is 78.0 Å². The Labute approximate surface area is 334 Å². The van der Waals surface area contributed by atoms with Gasteiger partial charge in [0.2, 0.25) is 0 Å². The summed E-state index contributed by atoms with van der Waals surface area (Å²) in [5.41, 5.74) is 9.91. The van der Waals surface area contributed by atoms with Crippen LogP contribution in [0.3, 0.4) is 0 Å². The van der Waals surface area contributed by atoms with Crippen LogP contribution < -0.4 is 0 Å². The second-order valence-electron chi connectivity index (χ2n) is 16.9. The second kappa shape index (κ2) is 14.3. The molecule has 2 saturated carbocycles.